The first-order valence-corrected chi connectivity index (χ1v) is 4.76. The number of hydrogen-bond donors (Lipinski definition) is 1. The van der Waals surface area contributed by atoms with E-state index in [1.165, 1.54) is 6.42 Å². The fourth-order valence-electron chi connectivity index (χ4n) is 0.831. The fourth-order valence-corrected chi connectivity index (χ4v) is 2.52. The third-order valence-corrected chi connectivity index (χ3v) is 3.85. The van der Waals surface area contributed by atoms with Crippen molar-refractivity contribution in [2.75, 3.05) is 5.75 Å². The Morgan fingerprint density at radius 3 is 2.62 bits per heavy atom. The molecule has 0 amide bonds. The van der Waals surface area contributed by atoms with Crippen LogP contribution in [0.1, 0.15) is 19.3 Å². The Morgan fingerprint density at radius 1 is 1.50 bits per heavy atom. The molecule has 0 bridgehead atoms. The second kappa shape index (κ2) is 2.87. The van der Waals surface area contributed by atoms with Crippen molar-refractivity contribution < 1.29 is 4.21 Å². The van der Waals surface area contributed by atoms with Crippen LogP contribution in [0.15, 0.2) is 0 Å². The second-order valence-corrected chi connectivity index (χ2v) is 4.75. The maximum absolute atomic E-state index is 10.8. The highest BCUT2D eigenvalue weighted by Gasteiger charge is 2.15. The number of hydrogen-bond acceptors (Lipinski definition) is 2. The van der Waals surface area contributed by atoms with E-state index in [1.807, 2.05) is 0 Å². The summed E-state index contributed by atoms with van der Waals surface area (Å²) in [5.74, 6) is 0.869. The van der Waals surface area contributed by atoms with Crippen LogP contribution in [0.4, 0.5) is 0 Å². The Balaban J connectivity index is 2.39. The van der Waals surface area contributed by atoms with Crippen LogP contribution in [0.2, 0.25) is 0 Å². The Labute approximate surface area is 57.7 Å². The molecule has 1 nitrogen and oxygen atoms in total. The van der Waals surface area contributed by atoms with Gasteiger partial charge in [0, 0.05) is 16.6 Å². The zero-order chi connectivity index (χ0) is 5.98. The lowest BCUT2D eigenvalue weighted by atomic mass is 10.3. The molecule has 1 aliphatic heterocycles. The van der Waals surface area contributed by atoms with Gasteiger partial charge in [0.1, 0.15) is 0 Å². The topological polar surface area (TPSA) is 17.1 Å². The maximum atomic E-state index is 10.8. The third-order valence-electron chi connectivity index (χ3n) is 1.35. The molecule has 1 heterocycles. The van der Waals surface area contributed by atoms with Crippen LogP contribution >= 0.6 is 12.6 Å². The molecule has 0 N–H and O–H groups in total. The molecular weight excluding hydrogens is 140 g/mol. The van der Waals surface area contributed by atoms with E-state index in [0.29, 0.717) is 0 Å². The molecule has 0 radical (unpaired) electrons. The van der Waals surface area contributed by atoms with Crippen LogP contribution in [0, 0.1) is 0 Å². The first-order valence-electron chi connectivity index (χ1n) is 2.86. The molecule has 1 aliphatic rings. The summed E-state index contributed by atoms with van der Waals surface area (Å²) in [4.78, 5) is 0. The Hall–Kier alpha value is 0.500. The summed E-state index contributed by atoms with van der Waals surface area (Å²) in [5.41, 5.74) is 0. The first-order chi connectivity index (χ1) is 3.80. The summed E-state index contributed by atoms with van der Waals surface area (Å²) in [6.07, 6.45) is 3.37. The summed E-state index contributed by atoms with van der Waals surface area (Å²) >= 11 is 4.16. The normalized spacial score (nSPS) is 39.6. The SMILES string of the molecule is O=S1CCCCC1S. The Kier molecular flexibility index (Phi) is 2.38. The molecule has 2 unspecified atom stereocenters. The molecule has 0 spiro atoms. The highest BCUT2D eigenvalue weighted by molar-refractivity contribution is 8.01. The van der Waals surface area contributed by atoms with Crippen LogP contribution in [0.3, 0.4) is 0 Å². The van der Waals surface area contributed by atoms with Crippen molar-refractivity contribution in [3.05, 3.63) is 0 Å². The van der Waals surface area contributed by atoms with Crippen molar-refractivity contribution in [1.29, 1.82) is 0 Å². The standard InChI is InChI=1S/C5H10OS2/c6-8-4-2-1-3-5(8)7/h5,7H,1-4H2. The lowest BCUT2D eigenvalue weighted by Gasteiger charge is -2.14. The molecular formula is C5H10OS2. The third kappa shape index (κ3) is 1.49. The first kappa shape index (κ1) is 6.62. The van der Waals surface area contributed by atoms with E-state index in [-0.39, 0.29) is 4.58 Å². The van der Waals surface area contributed by atoms with Crippen molar-refractivity contribution in [3.8, 4) is 0 Å². The minimum absolute atomic E-state index is 0.170. The Morgan fingerprint density at radius 2 is 2.25 bits per heavy atom. The van der Waals surface area contributed by atoms with Gasteiger partial charge in [-0.1, -0.05) is 6.42 Å². The van der Waals surface area contributed by atoms with E-state index in [0.717, 1.165) is 18.6 Å². The highest BCUT2D eigenvalue weighted by atomic mass is 32.2. The number of rotatable bonds is 0. The van der Waals surface area contributed by atoms with E-state index < -0.39 is 10.8 Å². The smallest absolute Gasteiger partial charge is 0.0771 e. The predicted octanol–water partition coefficient (Wildman–Crippen LogP) is 1.17. The van der Waals surface area contributed by atoms with Gasteiger partial charge in [0.25, 0.3) is 0 Å². The van der Waals surface area contributed by atoms with Crippen molar-refractivity contribution in [1.82, 2.24) is 0 Å². The van der Waals surface area contributed by atoms with Crippen LogP contribution in [0.5, 0.6) is 0 Å². The lowest BCUT2D eigenvalue weighted by molar-refractivity contribution is 0.651. The Bertz CT molecular complexity index is 103. The second-order valence-electron chi connectivity index (χ2n) is 2.04. The van der Waals surface area contributed by atoms with Crippen molar-refractivity contribution in [2.45, 2.75) is 23.8 Å². The van der Waals surface area contributed by atoms with Crippen LogP contribution in [0.25, 0.3) is 0 Å². The maximum Gasteiger partial charge on any atom is 0.0771 e. The molecule has 8 heavy (non-hydrogen) atoms. The minimum atomic E-state index is -0.621. The van der Waals surface area contributed by atoms with Gasteiger partial charge < -0.3 is 0 Å². The van der Waals surface area contributed by atoms with Gasteiger partial charge in [0.15, 0.2) is 0 Å². The molecule has 1 saturated heterocycles. The largest absolute Gasteiger partial charge is 0.258 e. The molecule has 1 fully saturated rings. The van der Waals surface area contributed by atoms with Crippen molar-refractivity contribution >= 4 is 23.4 Å². The van der Waals surface area contributed by atoms with E-state index in [4.69, 9.17) is 0 Å². The monoisotopic (exact) mass is 150 g/mol. The lowest BCUT2D eigenvalue weighted by Crippen LogP contribution is -2.16. The minimum Gasteiger partial charge on any atom is -0.258 e. The molecule has 0 aromatic heterocycles. The summed E-state index contributed by atoms with van der Waals surface area (Å²) < 4.78 is 11.0. The van der Waals surface area contributed by atoms with Crippen molar-refractivity contribution in [2.24, 2.45) is 0 Å². The van der Waals surface area contributed by atoms with Crippen LogP contribution < -0.4 is 0 Å². The molecule has 2 atom stereocenters. The number of thiol groups is 1. The van der Waals surface area contributed by atoms with Crippen LogP contribution in [-0.4, -0.2) is 14.5 Å². The summed E-state index contributed by atoms with van der Waals surface area (Å²) in [6.45, 7) is 0. The molecule has 3 heteroatoms. The molecule has 0 aliphatic carbocycles. The van der Waals surface area contributed by atoms with Gasteiger partial charge in [-0.2, -0.15) is 12.6 Å². The summed E-state index contributed by atoms with van der Waals surface area (Å²) in [7, 11) is -0.621. The zero-order valence-corrected chi connectivity index (χ0v) is 6.38. The molecule has 0 aromatic carbocycles. The van der Waals surface area contributed by atoms with Gasteiger partial charge in [0.2, 0.25) is 0 Å². The zero-order valence-electron chi connectivity index (χ0n) is 4.67. The quantitative estimate of drug-likeness (QED) is 0.513. The van der Waals surface area contributed by atoms with Gasteiger partial charge in [-0.25, -0.2) is 0 Å². The summed E-state index contributed by atoms with van der Waals surface area (Å²) in [6, 6.07) is 0. The average Bonchev–Trinajstić information content (AvgIpc) is 1.77. The van der Waals surface area contributed by atoms with Gasteiger partial charge in [-0.15, -0.1) is 0 Å². The van der Waals surface area contributed by atoms with Gasteiger partial charge in [-0.3, -0.25) is 4.21 Å². The summed E-state index contributed by atoms with van der Waals surface area (Å²) in [5, 5.41) is 0. The van der Waals surface area contributed by atoms with Gasteiger partial charge >= 0.3 is 0 Å². The fraction of sp³-hybridized carbons (Fsp3) is 1.00. The van der Waals surface area contributed by atoms with Crippen molar-refractivity contribution in [3.63, 3.8) is 0 Å². The molecule has 48 valence electrons. The van der Waals surface area contributed by atoms with E-state index in [2.05, 4.69) is 12.6 Å². The van der Waals surface area contributed by atoms with E-state index in [9.17, 15) is 4.21 Å². The van der Waals surface area contributed by atoms with Gasteiger partial charge in [-0.05, 0) is 12.8 Å². The molecule has 0 aromatic rings. The molecule has 1 rings (SSSR count). The van der Waals surface area contributed by atoms with E-state index >= 15 is 0 Å². The molecule has 0 saturated carbocycles. The van der Waals surface area contributed by atoms with Gasteiger partial charge in [0.05, 0.1) is 4.58 Å². The predicted molar refractivity (Wildman–Crippen MR) is 39.6 cm³/mol. The highest BCUT2D eigenvalue weighted by Crippen LogP contribution is 2.17. The average molecular weight is 150 g/mol. The van der Waals surface area contributed by atoms with Crippen LogP contribution in [-0.2, 0) is 10.8 Å². The van der Waals surface area contributed by atoms with E-state index in [1.54, 1.807) is 0 Å².